The van der Waals surface area contributed by atoms with E-state index in [2.05, 4.69) is 27.7 Å². The molecule has 80 valence electrons. The number of halogens is 1. The standard InChI is InChI=1S/C12H25Cl/c1-5-7-11(3)9-12(4,10-13)8-6-2/h11H,5-10H2,1-4H3. The fourth-order valence-corrected chi connectivity index (χ4v) is 2.51. The van der Waals surface area contributed by atoms with Crippen LogP contribution in [-0.4, -0.2) is 5.88 Å². The van der Waals surface area contributed by atoms with Crippen LogP contribution in [-0.2, 0) is 0 Å². The van der Waals surface area contributed by atoms with Gasteiger partial charge in [-0.1, -0.05) is 47.0 Å². The van der Waals surface area contributed by atoms with Gasteiger partial charge in [-0.15, -0.1) is 11.6 Å². The minimum Gasteiger partial charge on any atom is -0.126 e. The summed E-state index contributed by atoms with van der Waals surface area (Å²) in [7, 11) is 0. The molecule has 0 heterocycles. The highest BCUT2D eigenvalue weighted by molar-refractivity contribution is 6.18. The zero-order valence-electron chi connectivity index (χ0n) is 9.70. The van der Waals surface area contributed by atoms with E-state index < -0.39 is 0 Å². The summed E-state index contributed by atoms with van der Waals surface area (Å²) >= 11 is 6.03. The van der Waals surface area contributed by atoms with Crippen molar-refractivity contribution in [3.63, 3.8) is 0 Å². The van der Waals surface area contributed by atoms with Crippen LogP contribution in [0, 0.1) is 11.3 Å². The summed E-state index contributed by atoms with van der Waals surface area (Å²) in [5.41, 5.74) is 0.380. The van der Waals surface area contributed by atoms with Gasteiger partial charge in [0.2, 0.25) is 0 Å². The molecule has 0 saturated carbocycles. The maximum atomic E-state index is 6.03. The second kappa shape index (κ2) is 6.70. The molecule has 2 unspecified atom stereocenters. The fourth-order valence-electron chi connectivity index (χ4n) is 2.26. The monoisotopic (exact) mass is 204 g/mol. The molecule has 0 aromatic rings. The molecular formula is C12H25Cl. The molecule has 0 fully saturated rings. The van der Waals surface area contributed by atoms with Gasteiger partial charge in [0.15, 0.2) is 0 Å². The van der Waals surface area contributed by atoms with E-state index in [1.54, 1.807) is 0 Å². The topological polar surface area (TPSA) is 0 Å². The SMILES string of the molecule is CCCC(C)CC(C)(CCl)CCC. The first-order valence-electron chi connectivity index (χ1n) is 5.64. The number of alkyl halides is 1. The number of hydrogen-bond acceptors (Lipinski definition) is 0. The summed E-state index contributed by atoms with van der Waals surface area (Å²) in [4.78, 5) is 0. The van der Waals surface area contributed by atoms with Crippen LogP contribution in [0.1, 0.15) is 59.8 Å². The third kappa shape index (κ3) is 5.57. The Morgan fingerprint density at radius 3 is 2.23 bits per heavy atom. The molecule has 0 spiro atoms. The number of hydrogen-bond donors (Lipinski definition) is 0. The van der Waals surface area contributed by atoms with Crippen molar-refractivity contribution in [3.05, 3.63) is 0 Å². The van der Waals surface area contributed by atoms with Gasteiger partial charge < -0.3 is 0 Å². The van der Waals surface area contributed by atoms with E-state index >= 15 is 0 Å². The molecule has 0 saturated heterocycles. The predicted molar refractivity (Wildman–Crippen MR) is 62.4 cm³/mol. The molecule has 2 atom stereocenters. The van der Waals surface area contributed by atoms with Gasteiger partial charge >= 0.3 is 0 Å². The smallest absolute Gasteiger partial charge is 0.0277 e. The van der Waals surface area contributed by atoms with Crippen LogP contribution < -0.4 is 0 Å². The molecular weight excluding hydrogens is 180 g/mol. The molecule has 0 N–H and O–H groups in total. The van der Waals surface area contributed by atoms with Gasteiger partial charge in [0.05, 0.1) is 0 Å². The van der Waals surface area contributed by atoms with Crippen molar-refractivity contribution < 1.29 is 0 Å². The average molecular weight is 205 g/mol. The van der Waals surface area contributed by atoms with E-state index in [4.69, 9.17) is 11.6 Å². The van der Waals surface area contributed by atoms with Crippen molar-refractivity contribution in [2.24, 2.45) is 11.3 Å². The Hall–Kier alpha value is 0.290. The van der Waals surface area contributed by atoms with E-state index in [-0.39, 0.29) is 0 Å². The van der Waals surface area contributed by atoms with Crippen LogP contribution in [0.3, 0.4) is 0 Å². The Morgan fingerprint density at radius 1 is 1.23 bits per heavy atom. The van der Waals surface area contributed by atoms with Crippen LogP contribution in [0.25, 0.3) is 0 Å². The molecule has 0 radical (unpaired) electrons. The number of rotatable bonds is 7. The second-order valence-electron chi connectivity index (χ2n) is 4.79. The minimum atomic E-state index is 0.380. The maximum Gasteiger partial charge on any atom is 0.0277 e. The quantitative estimate of drug-likeness (QED) is 0.520. The third-order valence-corrected chi connectivity index (χ3v) is 3.44. The van der Waals surface area contributed by atoms with Gasteiger partial charge in [-0.05, 0) is 24.2 Å². The molecule has 0 amide bonds. The Morgan fingerprint density at radius 2 is 1.85 bits per heavy atom. The van der Waals surface area contributed by atoms with Gasteiger partial charge in [-0.25, -0.2) is 0 Å². The lowest BCUT2D eigenvalue weighted by Gasteiger charge is -2.29. The van der Waals surface area contributed by atoms with Crippen molar-refractivity contribution in [1.29, 1.82) is 0 Å². The van der Waals surface area contributed by atoms with Gasteiger partial charge in [-0.2, -0.15) is 0 Å². The van der Waals surface area contributed by atoms with Crippen molar-refractivity contribution in [3.8, 4) is 0 Å². The average Bonchev–Trinajstić information content (AvgIpc) is 2.05. The normalized spacial score (nSPS) is 18.2. The first kappa shape index (κ1) is 13.3. The Balaban J connectivity index is 3.93. The Bertz CT molecular complexity index is 122. The highest BCUT2D eigenvalue weighted by Crippen LogP contribution is 2.33. The summed E-state index contributed by atoms with van der Waals surface area (Å²) in [6.45, 7) is 9.18. The molecule has 1 heteroatoms. The van der Waals surface area contributed by atoms with E-state index in [9.17, 15) is 0 Å². The lowest BCUT2D eigenvalue weighted by atomic mass is 9.78. The first-order chi connectivity index (χ1) is 6.08. The molecule has 0 aliphatic heterocycles. The van der Waals surface area contributed by atoms with Crippen LogP contribution in [0.4, 0.5) is 0 Å². The van der Waals surface area contributed by atoms with Gasteiger partial charge in [0, 0.05) is 5.88 Å². The molecule has 0 nitrogen and oxygen atoms in total. The summed E-state index contributed by atoms with van der Waals surface area (Å²) in [6.07, 6.45) is 6.45. The van der Waals surface area contributed by atoms with Crippen molar-refractivity contribution in [1.82, 2.24) is 0 Å². The largest absolute Gasteiger partial charge is 0.126 e. The Kier molecular flexibility index (Phi) is 6.85. The van der Waals surface area contributed by atoms with Gasteiger partial charge in [0.25, 0.3) is 0 Å². The predicted octanol–water partition coefficient (Wildman–Crippen LogP) is 4.86. The van der Waals surface area contributed by atoms with E-state index in [0.717, 1.165) is 11.8 Å². The van der Waals surface area contributed by atoms with Crippen molar-refractivity contribution in [2.75, 3.05) is 5.88 Å². The zero-order valence-corrected chi connectivity index (χ0v) is 10.5. The van der Waals surface area contributed by atoms with Crippen LogP contribution >= 0.6 is 11.6 Å². The molecule has 0 aliphatic carbocycles. The zero-order chi connectivity index (χ0) is 10.3. The summed E-state index contributed by atoms with van der Waals surface area (Å²) in [5.74, 6) is 1.65. The van der Waals surface area contributed by atoms with Gasteiger partial charge in [-0.3, -0.25) is 0 Å². The molecule has 0 bridgehead atoms. The molecule has 0 rings (SSSR count). The van der Waals surface area contributed by atoms with E-state index in [1.807, 2.05) is 0 Å². The first-order valence-corrected chi connectivity index (χ1v) is 6.17. The fraction of sp³-hybridized carbons (Fsp3) is 1.00. The lowest BCUT2D eigenvalue weighted by Crippen LogP contribution is -2.21. The van der Waals surface area contributed by atoms with Gasteiger partial charge in [0.1, 0.15) is 0 Å². The summed E-state index contributed by atoms with van der Waals surface area (Å²) < 4.78 is 0. The van der Waals surface area contributed by atoms with Crippen molar-refractivity contribution >= 4 is 11.6 Å². The second-order valence-corrected chi connectivity index (χ2v) is 5.06. The molecule has 0 aliphatic rings. The molecule has 0 aromatic heterocycles. The summed E-state index contributed by atoms with van der Waals surface area (Å²) in [6, 6.07) is 0. The Labute approximate surface area is 89.1 Å². The lowest BCUT2D eigenvalue weighted by molar-refractivity contribution is 0.251. The highest BCUT2D eigenvalue weighted by atomic mass is 35.5. The molecule has 13 heavy (non-hydrogen) atoms. The van der Waals surface area contributed by atoms with E-state index in [0.29, 0.717) is 5.41 Å². The van der Waals surface area contributed by atoms with Crippen LogP contribution in [0.15, 0.2) is 0 Å². The third-order valence-electron chi connectivity index (χ3n) is 2.80. The van der Waals surface area contributed by atoms with Crippen LogP contribution in [0.5, 0.6) is 0 Å². The van der Waals surface area contributed by atoms with Crippen molar-refractivity contribution in [2.45, 2.75) is 59.8 Å². The molecule has 0 aromatic carbocycles. The maximum absolute atomic E-state index is 6.03. The van der Waals surface area contributed by atoms with Crippen LogP contribution in [0.2, 0.25) is 0 Å². The van der Waals surface area contributed by atoms with E-state index in [1.165, 1.54) is 32.1 Å². The summed E-state index contributed by atoms with van der Waals surface area (Å²) in [5, 5.41) is 0. The minimum absolute atomic E-state index is 0.380. The highest BCUT2D eigenvalue weighted by Gasteiger charge is 2.24.